The van der Waals surface area contributed by atoms with Gasteiger partial charge in [-0.2, -0.15) is 0 Å². The summed E-state index contributed by atoms with van der Waals surface area (Å²) in [5, 5.41) is 10.6. The largest absolute Gasteiger partial charge is 0.386 e. The van der Waals surface area contributed by atoms with E-state index in [1.807, 2.05) is 18.2 Å². The molecule has 1 aliphatic rings. The van der Waals surface area contributed by atoms with Gasteiger partial charge < -0.3 is 5.11 Å². The van der Waals surface area contributed by atoms with Crippen molar-refractivity contribution in [2.24, 2.45) is 0 Å². The summed E-state index contributed by atoms with van der Waals surface area (Å²) < 4.78 is 14.1. The molecule has 0 radical (unpaired) electrons. The van der Waals surface area contributed by atoms with Crippen LogP contribution in [0.25, 0.3) is 0 Å². The van der Waals surface area contributed by atoms with E-state index in [1.165, 1.54) is 6.07 Å². The van der Waals surface area contributed by atoms with Gasteiger partial charge in [0, 0.05) is 11.6 Å². The highest BCUT2D eigenvalue weighted by Crippen LogP contribution is 2.52. The van der Waals surface area contributed by atoms with Crippen molar-refractivity contribution < 1.29 is 9.50 Å². The second kappa shape index (κ2) is 4.74. The molecule has 1 aliphatic carbocycles. The van der Waals surface area contributed by atoms with Crippen molar-refractivity contribution in [2.75, 3.05) is 0 Å². The topological polar surface area (TPSA) is 33.1 Å². The zero-order chi connectivity index (χ0) is 13.3. The van der Waals surface area contributed by atoms with Gasteiger partial charge in [0.05, 0.1) is 5.69 Å². The molecule has 2 aromatic rings. The van der Waals surface area contributed by atoms with Crippen LogP contribution in [0.3, 0.4) is 0 Å². The SMILES string of the molecule is OC(c1ccccn1)C1(c2ccccc2F)CCC1. The molecule has 1 saturated carbocycles. The Hall–Kier alpha value is -1.74. The van der Waals surface area contributed by atoms with Crippen molar-refractivity contribution in [3.05, 3.63) is 65.7 Å². The Kier molecular flexibility index (Phi) is 3.07. The second-order valence-corrected chi connectivity index (χ2v) is 5.15. The predicted molar refractivity (Wildman–Crippen MR) is 71.1 cm³/mol. The van der Waals surface area contributed by atoms with Gasteiger partial charge >= 0.3 is 0 Å². The van der Waals surface area contributed by atoms with Crippen LogP contribution < -0.4 is 0 Å². The summed E-state index contributed by atoms with van der Waals surface area (Å²) >= 11 is 0. The molecule has 1 heterocycles. The van der Waals surface area contributed by atoms with Crippen molar-refractivity contribution in [3.8, 4) is 0 Å². The highest BCUT2D eigenvalue weighted by Gasteiger charge is 2.47. The second-order valence-electron chi connectivity index (χ2n) is 5.15. The first-order valence-electron chi connectivity index (χ1n) is 6.58. The number of hydrogen-bond donors (Lipinski definition) is 1. The lowest BCUT2D eigenvalue weighted by atomic mass is 9.60. The molecule has 3 heteroatoms. The zero-order valence-corrected chi connectivity index (χ0v) is 10.6. The molecule has 0 amide bonds. The van der Waals surface area contributed by atoms with Crippen LogP contribution >= 0.6 is 0 Å². The molecule has 98 valence electrons. The van der Waals surface area contributed by atoms with Crippen LogP contribution in [-0.2, 0) is 5.41 Å². The average Bonchev–Trinajstić information content (AvgIpc) is 2.40. The predicted octanol–water partition coefficient (Wildman–Crippen LogP) is 3.38. The third-order valence-electron chi connectivity index (χ3n) is 4.15. The smallest absolute Gasteiger partial charge is 0.127 e. The zero-order valence-electron chi connectivity index (χ0n) is 10.6. The van der Waals surface area contributed by atoms with Gasteiger partial charge in [0.1, 0.15) is 11.9 Å². The van der Waals surface area contributed by atoms with E-state index in [-0.39, 0.29) is 5.82 Å². The monoisotopic (exact) mass is 257 g/mol. The van der Waals surface area contributed by atoms with Gasteiger partial charge in [-0.05, 0) is 36.6 Å². The normalized spacial score (nSPS) is 18.6. The van der Waals surface area contributed by atoms with Crippen LogP contribution in [0.2, 0.25) is 0 Å². The molecule has 0 aliphatic heterocycles. The molecule has 1 aromatic carbocycles. The van der Waals surface area contributed by atoms with Crippen molar-refractivity contribution in [1.29, 1.82) is 0 Å². The van der Waals surface area contributed by atoms with Crippen LogP contribution in [0, 0.1) is 5.82 Å². The molecule has 2 nitrogen and oxygen atoms in total. The molecule has 1 unspecified atom stereocenters. The van der Waals surface area contributed by atoms with E-state index in [4.69, 9.17) is 0 Å². The first-order valence-corrected chi connectivity index (χ1v) is 6.58. The lowest BCUT2D eigenvalue weighted by Crippen LogP contribution is -2.41. The molecule has 0 saturated heterocycles. The van der Waals surface area contributed by atoms with Crippen molar-refractivity contribution in [3.63, 3.8) is 0 Å². The van der Waals surface area contributed by atoms with Gasteiger partial charge in [0.15, 0.2) is 0 Å². The van der Waals surface area contributed by atoms with E-state index in [1.54, 1.807) is 24.4 Å². The summed E-state index contributed by atoms with van der Waals surface area (Å²) in [5.41, 5.74) is 0.713. The Bertz CT molecular complexity index is 566. The fraction of sp³-hybridized carbons (Fsp3) is 0.312. The number of aliphatic hydroxyl groups is 1. The molecular weight excluding hydrogens is 241 g/mol. The number of aliphatic hydroxyl groups excluding tert-OH is 1. The summed E-state index contributed by atoms with van der Waals surface area (Å²) in [6, 6.07) is 12.2. The summed E-state index contributed by atoms with van der Waals surface area (Å²) in [5.74, 6) is -0.239. The van der Waals surface area contributed by atoms with Gasteiger partial charge in [-0.15, -0.1) is 0 Å². The van der Waals surface area contributed by atoms with Gasteiger partial charge in [0.2, 0.25) is 0 Å². The van der Waals surface area contributed by atoms with Crippen LogP contribution in [0.5, 0.6) is 0 Å². The lowest BCUT2D eigenvalue weighted by molar-refractivity contribution is 0.0214. The summed E-state index contributed by atoms with van der Waals surface area (Å²) in [6.45, 7) is 0. The van der Waals surface area contributed by atoms with Gasteiger partial charge in [-0.25, -0.2) is 4.39 Å². The highest BCUT2D eigenvalue weighted by atomic mass is 19.1. The number of hydrogen-bond acceptors (Lipinski definition) is 2. The number of rotatable bonds is 3. The molecule has 0 bridgehead atoms. The maximum atomic E-state index is 14.1. The number of pyridine rings is 1. The number of nitrogens with zero attached hydrogens (tertiary/aromatic N) is 1. The third-order valence-corrected chi connectivity index (χ3v) is 4.15. The lowest BCUT2D eigenvalue weighted by Gasteiger charge is -2.45. The number of aromatic nitrogens is 1. The van der Waals surface area contributed by atoms with Gasteiger partial charge in [-0.1, -0.05) is 30.7 Å². The Balaban J connectivity index is 2.03. The number of benzene rings is 1. The standard InChI is InChI=1S/C16H16FNO/c17-13-7-2-1-6-12(13)16(9-5-10-16)15(19)14-8-3-4-11-18-14/h1-4,6-8,11,15,19H,5,9-10H2. The quantitative estimate of drug-likeness (QED) is 0.914. The average molecular weight is 257 g/mol. The maximum Gasteiger partial charge on any atom is 0.127 e. The minimum Gasteiger partial charge on any atom is -0.386 e. The van der Waals surface area contributed by atoms with Gasteiger partial charge in [0.25, 0.3) is 0 Å². The van der Waals surface area contributed by atoms with E-state index in [2.05, 4.69) is 4.98 Å². The molecule has 1 atom stereocenters. The van der Waals surface area contributed by atoms with Crippen LogP contribution in [-0.4, -0.2) is 10.1 Å². The van der Waals surface area contributed by atoms with Crippen molar-refractivity contribution >= 4 is 0 Å². The van der Waals surface area contributed by atoms with E-state index in [0.717, 1.165) is 19.3 Å². The summed E-state index contributed by atoms with van der Waals surface area (Å²) in [4.78, 5) is 4.21. The first kappa shape index (κ1) is 12.3. The third kappa shape index (κ3) is 1.94. The van der Waals surface area contributed by atoms with Crippen LogP contribution in [0.4, 0.5) is 4.39 Å². The Morgan fingerprint density at radius 3 is 2.42 bits per heavy atom. The highest BCUT2D eigenvalue weighted by molar-refractivity contribution is 5.33. The summed E-state index contributed by atoms with van der Waals surface area (Å²) in [6.07, 6.45) is 3.52. The minimum atomic E-state index is -0.751. The molecular formula is C16H16FNO. The first-order chi connectivity index (χ1) is 9.24. The van der Waals surface area contributed by atoms with Crippen LogP contribution in [0.1, 0.15) is 36.6 Å². The Morgan fingerprint density at radius 1 is 1.11 bits per heavy atom. The van der Waals surface area contributed by atoms with Gasteiger partial charge in [-0.3, -0.25) is 4.98 Å². The summed E-state index contributed by atoms with van der Waals surface area (Å²) in [7, 11) is 0. The van der Waals surface area contributed by atoms with E-state index in [9.17, 15) is 9.50 Å². The van der Waals surface area contributed by atoms with Crippen molar-refractivity contribution in [1.82, 2.24) is 4.98 Å². The molecule has 0 spiro atoms. The van der Waals surface area contributed by atoms with E-state index >= 15 is 0 Å². The van der Waals surface area contributed by atoms with E-state index in [0.29, 0.717) is 11.3 Å². The fourth-order valence-corrected chi connectivity index (χ4v) is 2.93. The van der Waals surface area contributed by atoms with E-state index < -0.39 is 11.5 Å². The number of halogens is 1. The molecule has 1 aromatic heterocycles. The van der Waals surface area contributed by atoms with Crippen LogP contribution in [0.15, 0.2) is 48.7 Å². The fourth-order valence-electron chi connectivity index (χ4n) is 2.93. The maximum absolute atomic E-state index is 14.1. The molecule has 1 N–H and O–H groups in total. The molecule has 1 fully saturated rings. The van der Waals surface area contributed by atoms with Crippen molar-refractivity contribution in [2.45, 2.75) is 30.8 Å². The Morgan fingerprint density at radius 2 is 1.84 bits per heavy atom. The molecule has 19 heavy (non-hydrogen) atoms. The minimum absolute atomic E-state index is 0.239. The molecule has 3 rings (SSSR count). The Labute approximate surface area is 111 Å².